The van der Waals surface area contributed by atoms with Gasteiger partial charge in [-0.05, 0) is 18.7 Å². The van der Waals surface area contributed by atoms with Gasteiger partial charge in [-0.3, -0.25) is 14.5 Å². The number of benzene rings is 1. The first-order valence-corrected chi connectivity index (χ1v) is 18.4. The second-order valence-electron chi connectivity index (χ2n) is 12.2. The summed E-state index contributed by atoms with van der Waals surface area (Å²) in [6, 6.07) is 3.73. The summed E-state index contributed by atoms with van der Waals surface area (Å²) in [6.45, 7) is 2.96. The number of nitrogens with zero attached hydrogens (tertiary/aromatic N) is 7. The molecule has 7 rings (SSSR count). The van der Waals surface area contributed by atoms with Crippen molar-refractivity contribution in [1.29, 1.82) is 0 Å². The number of anilines is 2. The molecule has 2 amide bonds. The van der Waals surface area contributed by atoms with E-state index in [1.807, 2.05) is 26.5 Å². The van der Waals surface area contributed by atoms with Crippen molar-refractivity contribution >= 4 is 75.0 Å². The van der Waals surface area contributed by atoms with Gasteiger partial charge in [-0.25, -0.2) is 14.2 Å². The van der Waals surface area contributed by atoms with Gasteiger partial charge in [0.15, 0.2) is 35.2 Å². The van der Waals surface area contributed by atoms with Crippen molar-refractivity contribution in [2.24, 2.45) is 16.0 Å². The fourth-order valence-corrected chi connectivity index (χ4v) is 8.64. The van der Waals surface area contributed by atoms with E-state index in [0.717, 1.165) is 30.1 Å². The Morgan fingerprint density at radius 1 is 1.31 bits per heavy atom. The number of carboxylic acids is 1. The van der Waals surface area contributed by atoms with Crippen molar-refractivity contribution in [3.05, 3.63) is 68.7 Å². The Bertz CT molecular complexity index is 2010. The molecular weight excluding hydrogens is 741 g/mol. The molecule has 52 heavy (non-hydrogen) atoms. The Kier molecular flexibility index (Phi) is 9.96. The lowest BCUT2D eigenvalue weighted by Crippen LogP contribution is -2.71. The van der Waals surface area contributed by atoms with E-state index in [4.69, 9.17) is 32.7 Å². The van der Waals surface area contributed by atoms with Gasteiger partial charge >= 0.3 is 5.97 Å². The number of carbonyl (C=O) groups excluding carboxylic acids is 2. The molecule has 0 bridgehead atoms. The van der Waals surface area contributed by atoms with E-state index >= 15 is 4.39 Å². The average molecular weight is 775 g/mol. The summed E-state index contributed by atoms with van der Waals surface area (Å²) in [6.07, 6.45) is 2.52. The summed E-state index contributed by atoms with van der Waals surface area (Å²) in [4.78, 5) is 56.5. The maximum absolute atomic E-state index is 15.4. The SMILES string of the molecule is CO/N=C(\C(=O)N[C@@H]1C(=O)N2C(C(=O)O)=C(C[n+]3ccc4n3CCN4Cc3c(F)cc(/C(N)=N/OC4CCNC4)cc3Cl)CS[C@H]12)c1csc(N)n1. The van der Waals surface area contributed by atoms with E-state index in [1.165, 1.54) is 35.2 Å². The van der Waals surface area contributed by atoms with Gasteiger partial charge in [-0.2, -0.15) is 0 Å². The standard InChI is InChI=1S/C31H33ClFN11O6S2/c1-49-39-23(21-14-52-31(35)37-21)27(45)38-24-28(46)44-25(30(47)48)16(13-51-29(24)44)11-42-5-3-22-41(6-7-43(22)42)12-18-19(32)8-15(9-20(18)33)26(34)40-50-17-2-4-36-10-17/h3,5,8-9,14,17,24,29,36H,2,4,6-7,10-13H2,1H3,(H5-,34,35,37,38,40,45,47,48)/p+1/b39-23-/t17?,24-,29-/m1/s1. The molecule has 1 unspecified atom stereocenters. The number of aromatic nitrogens is 3. The predicted octanol–water partition coefficient (Wildman–Crippen LogP) is 0.415. The third-order valence-electron chi connectivity index (χ3n) is 9.03. The number of aliphatic carboxylic acids is 1. The molecule has 21 heteroatoms. The molecule has 0 aliphatic carbocycles. The lowest BCUT2D eigenvalue weighted by Gasteiger charge is -2.49. The molecule has 0 radical (unpaired) electrons. The number of carbonyl (C=O) groups is 3. The zero-order valence-corrected chi connectivity index (χ0v) is 30.0. The highest BCUT2D eigenvalue weighted by Gasteiger charge is 2.55. The minimum atomic E-state index is -1.25. The molecule has 3 atom stereocenters. The lowest BCUT2D eigenvalue weighted by molar-refractivity contribution is -0.766. The molecule has 2 aromatic heterocycles. The van der Waals surface area contributed by atoms with Crippen LogP contribution in [0.2, 0.25) is 5.02 Å². The van der Waals surface area contributed by atoms with Crippen LogP contribution in [0.5, 0.6) is 0 Å². The van der Waals surface area contributed by atoms with Crippen molar-refractivity contribution in [2.45, 2.75) is 43.6 Å². The molecule has 6 heterocycles. The van der Waals surface area contributed by atoms with Crippen LogP contribution in [-0.4, -0.2) is 99.0 Å². The van der Waals surface area contributed by atoms with Crippen molar-refractivity contribution in [1.82, 2.24) is 25.2 Å². The minimum Gasteiger partial charge on any atom is -0.477 e. The Labute approximate surface area is 309 Å². The summed E-state index contributed by atoms with van der Waals surface area (Å²) in [5.41, 5.74) is 12.8. The number of hydrogen-bond donors (Lipinski definition) is 5. The summed E-state index contributed by atoms with van der Waals surface area (Å²) in [5.74, 6) is -1.95. The number of hydrogen-bond acceptors (Lipinski definition) is 13. The molecule has 3 aromatic rings. The van der Waals surface area contributed by atoms with Crippen LogP contribution in [-0.2, 0) is 43.7 Å². The lowest BCUT2D eigenvalue weighted by atomic mass is 10.0. The molecule has 4 aliphatic heterocycles. The van der Waals surface area contributed by atoms with Gasteiger partial charge in [-0.1, -0.05) is 21.9 Å². The number of amidine groups is 1. The van der Waals surface area contributed by atoms with Crippen molar-refractivity contribution in [3.63, 3.8) is 0 Å². The van der Waals surface area contributed by atoms with Crippen molar-refractivity contribution in [2.75, 3.05) is 43.1 Å². The largest absolute Gasteiger partial charge is 0.477 e. The smallest absolute Gasteiger partial charge is 0.352 e. The van der Waals surface area contributed by atoms with Gasteiger partial charge in [-0.15, -0.1) is 32.5 Å². The number of amides is 2. The summed E-state index contributed by atoms with van der Waals surface area (Å²) < 4.78 is 19.2. The number of thioether (sulfide) groups is 1. The van der Waals surface area contributed by atoms with E-state index in [9.17, 15) is 19.5 Å². The van der Waals surface area contributed by atoms with Gasteiger partial charge < -0.3 is 41.8 Å². The number of nitrogens with two attached hydrogens (primary N) is 2. The first-order valence-electron chi connectivity index (χ1n) is 16.1. The van der Waals surface area contributed by atoms with E-state index in [0.29, 0.717) is 42.1 Å². The van der Waals surface area contributed by atoms with Crippen LogP contribution in [0.1, 0.15) is 23.2 Å². The van der Waals surface area contributed by atoms with Gasteiger partial charge in [0.05, 0.1) is 12.6 Å². The predicted molar refractivity (Wildman–Crippen MR) is 190 cm³/mol. The second-order valence-corrected chi connectivity index (χ2v) is 14.6. The van der Waals surface area contributed by atoms with E-state index in [1.54, 1.807) is 6.07 Å². The number of fused-ring (bicyclic) bond motifs is 2. The Morgan fingerprint density at radius 2 is 2.13 bits per heavy atom. The number of halogens is 2. The third-order valence-corrected chi connectivity index (χ3v) is 11.4. The molecule has 2 saturated heterocycles. The molecule has 1 aromatic carbocycles. The monoisotopic (exact) mass is 774 g/mol. The topological polar surface area (TPSA) is 219 Å². The van der Waals surface area contributed by atoms with E-state index < -0.39 is 35.0 Å². The quantitative estimate of drug-likeness (QED) is 0.0556. The van der Waals surface area contributed by atoms with Crippen molar-refractivity contribution in [3.8, 4) is 0 Å². The first kappa shape index (κ1) is 35.5. The molecule has 0 saturated carbocycles. The highest BCUT2D eigenvalue weighted by atomic mass is 35.5. The molecule has 17 nitrogen and oxygen atoms in total. The van der Waals surface area contributed by atoms with Gasteiger partial charge in [0.25, 0.3) is 11.8 Å². The number of rotatable bonds is 12. The Morgan fingerprint density at radius 3 is 2.83 bits per heavy atom. The highest BCUT2D eigenvalue weighted by molar-refractivity contribution is 8.00. The zero-order chi connectivity index (χ0) is 36.7. The molecule has 4 aliphatic rings. The molecule has 2 fully saturated rings. The maximum atomic E-state index is 15.4. The first-order chi connectivity index (χ1) is 25.0. The Hall–Kier alpha value is -4.92. The van der Waals surface area contributed by atoms with Crippen LogP contribution in [0.15, 0.2) is 51.4 Å². The van der Waals surface area contributed by atoms with Crippen LogP contribution in [0.4, 0.5) is 15.3 Å². The Balaban J connectivity index is 1.03. The van der Waals surface area contributed by atoms with Crippen molar-refractivity contribution < 1.29 is 38.2 Å². The second kappa shape index (κ2) is 14.6. The fourth-order valence-electron chi connectivity index (χ4n) is 6.49. The number of thiazole rings is 1. The highest BCUT2D eigenvalue weighted by Crippen LogP contribution is 2.40. The van der Waals surface area contributed by atoms with Crippen LogP contribution < -0.4 is 31.7 Å². The molecule has 0 spiro atoms. The number of nitrogens with one attached hydrogen (secondary N) is 2. The molecule has 7 N–H and O–H groups in total. The minimum absolute atomic E-state index is 0.0288. The van der Waals surface area contributed by atoms with Gasteiger partial charge in [0.1, 0.15) is 41.8 Å². The number of nitrogen functional groups attached to an aromatic ring is 1. The zero-order valence-electron chi connectivity index (χ0n) is 27.6. The van der Waals surface area contributed by atoms with E-state index in [-0.39, 0.29) is 52.3 Å². The number of oxime groups is 2. The van der Waals surface area contributed by atoms with Gasteiger partial charge in [0, 0.05) is 58.9 Å². The average Bonchev–Trinajstić information content (AvgIpc) is 3.94. The van der Waals surface area contributed by atoms with E-state index in [2.05, 4.69) is 25.9 Å². The maximum Gasteiger partial charge on any atom is 0.352 e. The summed E-state index contributed by atoms with van der Waals surface area (Å²) in [7, 11) is 1.27. The third kappa shape index (κ3) is 6.73. The summed E-state index contributed by atoms with van der Waals surface area (Å²) in [5, 5.41) is 25.1. The normalized spacial score (nSPS) is 21.6. The van der Waals surface area contributed by atoms with Crippen LogP contribution in [0, 0.1) is 5.82 Å². The number of carboxylic acid groups (broad SMARTS) is 1. The van der Waals surface area contributed by atoms with Crippen LogP contribution in [0.25, 0.3) is 0 Å². The summed E-state index contributed by atoms with van der Waals surface area (Å²) >= 11 is 9.01. The molecule has 274 valence electrons. The fraction of sp³-hybridized carbons (Fsp3) is 0.387. The van der Waals surface area contributed by atoms with Crippen LogP contribution >= 0.6 is 34.7 Å². The molecular formula is C31H34ClFN11O6S2+. The number of β-lactam (4-membered cyclic amide) rings is 1. The van der Waals surface area contributed by atoms with Crippen LogP contribution in [0.3, 0.4) is 0 Å². The van der Waals surface area contributed by atoms with Gasteiger partial charge in [0.2, 0.25) is 0 Å².